The van der Waals surface area contributed by atoms with Crippen LogP contribution in [-0.4, -0.2) is 16.2 Å². The minimum Gasteiger partial charge on any atom is -0.277 e. The lowest BCUT2D eigenvalue weighted by Gasteiger charge is -2.42. The number of benzene rings is 2. The van der Waals surface area contributed by atoms with Crippen molar-refractivity contribution in [2.75, 3.05) is 0 Å². The fourth-order valence-electron chi connectivity index (χ4n) is 3.97. The first-order valence-electron chi connectivity index (χ1n) is 8.58. The average Bonchev–Trinajstić information content (AvgIpc) is 2.60. The van der Waals surface area contributed by atoms with Gasteiger partial charge in [-0.15, -0.1) is 0 Å². The minimum atomic E-state index is -0.284. The molecular formula is C21H16BrFN2. The van der Waals surface area contributed by atoms with Gasteiger partial charge in [-0.05, 0) is 49.4 Å². The molecule has 5 rings (SSSR count). The molecule has 1 aliphatic carbocycles. The van der Waals surface area contributed by atoms with E-state index in [9.17, 15) is 4.39 Å². The van der Waals surface area contributed by atoms with E-state index >= 15 is 0 Å². The van der Waals surface area contributed by atoms with Gasteiger partial charge in [-0.1, -0.05) is 40.2 Å². The van der Waals surface area contributed by atoms with Gasteiger partial charge in [0.25, 0.3) is 0 Å². The Hall–Kier alpha value is -2.07. The number of aromatic nitrogens is 1. The van der Waals surface area contributed by atoms with Crippen LogP contribution in [0.5, 0.6) is 0 Å². The van der Waals surface area contributed by atoms with Crippen molar-refractivity contribution in [2.45, 2.75) is 31.2 Å². The fourth-order valence-corrected chi connectivity index (χ4v) is 4.48. The molecule has 0 radical (unpaired) electrons. The molecular weight excluding hydrogens is 379 g/mol. The van der Waals surface area contributed by atoms with Crippen molar-refractivity contribution >= 4 is 32.5 Å². The van der Waals surface area contributed by atoms with Crippen molar-refractivity contribution < 1.29 is 4.39 Å². The molecule has 4 heteroatoms. The average molecular weight is 395 g/mol. The number of hydrogen-bond donors (Lipinski definition) is 0. The summed E-state index contributed by atoms with van der Waals surface area (Å²) >= 11 is 3.72. The van der Waals surface area contributed by atoms with Crippen LogP contribution in [0.3, 0.4) is 0 Å². The van der Waals surface area contributed by atoms with E-state index < -0.39 is 0 Å². The third kappa shape index (κ3) is 2.35. The summed E-state index contributed by atoms with van der Waals surface area (Å²) in [6.45, 7) is 0. The summed E-state index contributed by atoms with van der Waals surface area (Å²) in [7, 11) is 0. The maximum atomic E-state index is 13.9. The standard InChI is InChI=1S/C21H16BrFN2/c22-17-6-2-5-15-16(17)11-21(8-3-9-21)25-19(15)14-10-13-4-1-7-18(23)20(13)24-12-14/h1-2,4-7,10,12H,3,8-9,11H2. The number of halogens is 2. The zero-order chi connectivity index (χ0) is 17.0. The van der Waals surface area contributed by atoms with Gasteiger partial charge in [-0.3, -0.25) is 9.98 Å². The van der Waals surface area contributed by atoms with Crippen molar-refractivity contribution in [3.05, 3.63) is 75.6 Å². The normalized spacial score (nSPS) is 17.9. The van der Waals surface area contributed by atoms with Crippen LogP contribution in [0.2, 0.25) is 0 Å². The molecule has 2 heterocycles. The fraction of sp³-hybridized carbons (Fsp3) is 0.238. The number of para-hydroxylation sites is 1. The predicted molar refractivity (Wildman–Crippen MR) is 102 cm³/mol. The van der Waals surface area contributed by atoms with E-state index in [-0.39, 0.29) is 11.4 Å². The highest BCUT2D eigenvalue weighted by Crippen LogP contribution is 2.44. The van der Waals surface area contributed by atoms with E-state index in [0.29, 0.717) is 5.52 Å². The number of hydrogen-bond acceptors (Lipinski definition) is 2. The van der Waals surface area contributed by atoms with Gasteiger partial charge in [0.15, 0.2) is 0 Å². The number of pyridine rings is 1. The van der Waals surface area contributed by atoms with Crippen LogP contribution < -0.4 is 0 Å². The van der Waals surface area contributed by atoms with E-state index in [2.05, 4.69) is 33.0 Å². The predicted octanol–water partition coefficient (Wildman–Crippen LogP) is 5.45. The van der Waals surface area contributed by atoms with Crippen LogP contribution in [0.1, 0.15) is 36.0 Å². The molecule has 0 N–H and O–H groups in total. The van der Waals surface area contributed by atoms with Crippen LogP contribution >= 0.6 is 15.9 Å². The molecule has 25 heavy (non-hydrogen) atoms. The zero-order valence-electron chi connectivity index (χ0n) is 13.6. The van der Waals surface area contributed by atoms with Crippen LogP contribution in [0, 0.1) is 5.82 Å². The van der Waals surface area contributed by atoms with E-state index in [1.54, 1.807) is 12.3 Å². The molecule has 1 saturated carbocycles. The lowest BCUT2D eigenvalue weighted by atomic mass is 9.70. The SMILES string of the molecule is Fc1cccc2cc(C3=NC4(CCC4)Cc4c(Br)cccc43)cnc12. The molecule has 0 amide bonds. The summed E-state index contributed by atoms with van der Waals surface area (Å²) < 4.78 is 15.1. The number of rotatable bonds is 1. The highest BCUT2D eigenvalue weighted by atomic mass is 79.9. The Bertz CT molecular complexity index is 1040. The molecule has 124 valence electrons. The maximum absolute atomic E-state index is 13.9. The van der Waals surface area contributed by atoms with Gasteiger partial charge in [0.1, 0.15) is 11.3 Å². The quantitative estimate of drug-likeness (QED) is 0.538. The van der Waals surface area contributed by atoms with Crippen LogP contribution in [0.15, 0.2) is 58.1 Å². The Labute approximate surface area is 153 Å². The van der Waals surface area contributed by atoms with Gasteiger partial charge < -0.3 is 0 Å². The Kier molecular flexibility index (Phi) is 3.32. The molecule has 1 spiro atoms. The second kappa shape index (κ2) is 5.46. The minimum absolute atomic E-state index is 0.0309. The third-order valence-electron chi connectivity index (χ3n) is 5.45. The van der Waals surface area contributed by atoms with E-state index in [4.69, 9.17) is 4.99 Å². The Morgan fingerprint density at radius 1 is 1.08 bits per heavy atom. The molecule has 3 aromatic rings. The molecule has 0 bridgehead atoms. The molecule has 1 fully saturated rings. The van der Waals surface area contributed by atoms with Crippen molar-refractivity contribution in [1.29, 1.82) is 0 Å². The number of nitrogens with zero attached hydrogens (tertiary/aromatic N) is 2. The largest absolute Gasteiger partial charge is 0.277 e. The molecule has 0 saturated heterocycles. The molecule has 1 aromatic heterocycles. The lowest BCUT2D eigenvalue weighted by molar-refractivity contribution is 0.247. The van der Waals surface area contributed by atoms with Gasteiger partial charge in [-0.25, -0.2) is 4.39 Å². The van der Waals surface area contributed by atoms with Crippen molar-refractivity contribution in [1.82, 2.24) is 4.98 Å². The third-order valence-corrected chi connectivity index (χ3v) is 6.19. The monoisotopic (exact) mass is 394 g/mol. The molecule has 1 aliphatic heterocycles. The van der Waals surface area contributed by atoms with Gasteiger partial charge in [0.05, 0.1) is 11.3 Å². The van der Waals surface area contributed by atoms with Gasteiger partial charge in [0, 0.05) is 27.2 Å². The summed E-state index contributed by atoms with van der Waals surface area (Å²) in [5.41, 5.74) is 4.87. The second-order valence-electron chi connectivity index (χ2n) is 7.02. The first kappa shape index (κ1) is 15.2. The summed E-state index contributed by atoms with van der Waals surface area (Å²) in [4.78, 5) is 9.54. The molecule has 0 atom stereocenters. The highest BCUT2D eigenvalue weighted by molar-refractivity contribution is 9.10. The Balaban J connectivity index is 1.73. The Morgan fingerprint density at radius 2 is 1.92 bits per heavy atom. The molecule has 2 aromatic carbocycles. The number of fused-ring (bicyclic) bond motifs is 2. The highest BCUT2D eigenvalue weighted by Gasteiger charge is 2.41. The molecule has 0 unspecified atom stereocenters. The van der Waals surface area contributed by atoms with Crippen molar-refractivity contribution in [3.63, 3.8) is 0 Å². The second-order valence-corrected chi connectivity index (χ2v) is 7.87. The first-order chi connectivity index (χ1) is 12.2. The maximum Gasteiger partial charge on any atom is 0.149 e. The Morgan fingerprint density at radius 3 is 2.72 bits per heavy atom. The topological polar surface area (TPSA) is 25.2 Å². The summed E-state index contributed by atoms with van der Waals surface area (Å²) in [6, 6.07) is 13.4. The van der Waals surface area contributed by atoms with E-state index in [0.717, 1.165) is 46.0 Å². The lowest BCUT2D eigenvalue weighted by Crippen LogP contribution is -2.41. The molecule has 2 nitrogen and oxygen atoms in total. The first-order valence-corrected chi connectivity index (χ1v) is 9.37. The van der Waals surface area contributed by atoms with Crippen LogP contribution in [0.25, 0.3) is 10.9 Å². The summed E-state index contributed by atoms with van der Waals surface area (Å²) in [5, 5.41) is 0.810. The van der Waals surface area contributed by atoms with E-state index in [1.165, 1.54) is 18.1 Å². The van der Waals surface area contributed by atoms with Gasteiger partial charge >= 0.3 is 0 Å². The molecule has 2 aliphatic rings. The zero-order valence-corrected chi connectivity index (χ0v) is 15.2. The van der Waals surface area contributed by atoms with Crippen molar-refractivity contribution in [3.8, 4) is 0 Å². The van der Waals surface area contributed by atoms with Crippen LogP contribution in [0.4, 0.5) is 4.39 Å². The smallest absolute Gasteiger partial charge is 0.149 e. The van der Waals surface area contributed by atoms with E-state index in [1.807, 2.05) is 18.2 Å². The number of aliphatic imine (C=N–C) groups is 1. The van der Waals surface area contributed by atoms with Crippen LogP contribution in [-0.2, 0) is 6.42 Å². The van der Waals surface area contributed by atoms with Gasteiger partial charge in [-0.2, -0.15) is 0 Å². The van der Waals surface area contributed by atoms with Crippen molar-refractivity contribution in [2.24, 2.45) is 4.99 Å². The summed E-state index contributed by atoms with van der Waals surface area (Å²) in [5.74, 6) is -0.284. The summed E-state index contributed by atoms with van der Waals surface area (Å²) in [6.07, 6.45) is 6.24. The van der Waals surface area contributed by atoms with Gasteiger partial charge in [0.2, 0.25) is 0 Å².